The van der Waals surface area contributed by atoms with E-state index >= 15 is 0 Å². The Morgan fingerprint density at radius 1 is 1.32 bits per heavy atom. The molecule has 1 aliphatic heterocycles. The van der Waals surface area contributed by atoms with Gasteiger partial charge in [0.2, 0.25) is 0 Å². The number of hydrogen-bond acceptors (Lipinski definition) is 4. The molecule has 0 spiro atoms. The molecule has 2 heterocycles. The van der Waals surface area contributed by atoms with Gasteiger partial charge in [-0.3, -0.25) is 0 Å². The summed E-state index contributed by atoms with van der Waals surface area (Å²) in [5, 5.41) is 8.31. The largest absolute Gasteiger partial charge is 0.381 e. The molecule has 1 fully saturated rings. The molecule has 0 radical (unpaired) electrons. The Morgan fingerprint density at radius 3 is 3.00 bits per heavy atom. The van der Waals surface area contributed by atoms with Crippen LogP contribution in [0.1, 0.15) is 35.9 Å². The van der Waals surface area contributed by atoms with Crippen molar-refractivity contribution < 1.29 is 0 Å². The third-order valence-electron chi connectivity index (χ3n) is 3.96. The van der Waals surface area contributed by atoms with E-state index in [0.29, 0.717) is 17.7 Å². The Hall–Kier alpha value is -1.49. The summed E-state index contributed by atoms with van der Waals surface area (Å²) in [5.74, 6) is 2.88. The number of rotatable bonds is 3. The van der Waals surface area contributed by atoms with Gasteiger partial charge in [0, 0.05) is 22.5 Å². The van der Waals surface area contributed by atoms with Crippen LogP contribution in [-0.2, 0) is 6.54 Å². The van der Waals surface area contributed by atoms with E-state index in [1.165, 1.54) is 23.3 Å². The predicted octanol–water partition coefficient (Wildman–Crippen LogP) is 2.63. The first-order chi connectivity index (χ1) is 9.33. The molecule has 2 aromatic rings. The molecule has 1 aliphatic carbocycles. The van der Waals surface area contributed by atoms with Crippen molar-refractivity contribution >= 4 is 17.6 Å². The molecule has 1 saturated carbocycles. The quantitative estimate of drug-likeness (QED) is 0.933. The summed E-state index contributed by atoms with van der Waals surface area (Å²) >= 11 is 1.94. The zero-order valence-corrected chi connectivity index (χ0v) is 11.4. The number of nitrogens with two attached hydrogens (primary N) is 1. The van der Waals surface area contributed by atoms with E-state index < -0.39 is 0 Å². The lowest BCUT2D eigenvalue weighted by Crippen LogP contribution is -2.13. The van der Waals surface area contributed by atoms with Crippen LogP contribution >= 0.6 is 11.8 Å². The molecule has 1 aromatic carbocycles. The Labute approximate surface area is 116 Å². The van der Waals surface area contributed by atoms with Crippen molar-refractivity contribution in [2.75, 3.05) is 11.5 Å². The van der Waals surface area contributed by atoms with Gasteiger partial charge in [-0.25, -0.2) is 4.68 Å². The smallest absolute Gasteiger partial charge is 0.169 e. The van der Waals surface area contributed by atoms with Gasteiger partial charge in [0.15, 0.2) is 5.82 Å². The molecule has 2 aliphatic rings. The fourth-order valence-corrected chi connectivity index (χ4v) is 4.08. The summed E-state index contributed by atoms with van der Waals surface area (Å²) in [6.07, 6.45) is 2.46. The molecule has 5 heteroatoms. The molecule has 0 saturated heterocycles. The first-order valence-electron chi connectivity index (χ1n) is 6.73. The predicted molar refractivity (Wildman–Crippen MR) is 76.3 cm³/mol. The standard InChI is InChI=1S/C14H16N4S/c15-14-13(9-5-6-9)18(17-16-14)7-10-8-19-12-4-2-1-3-11(10)12/h1-4,9-10H,5-8,15H2. The minimum atomic E-state index is 0.528. The van der Waals surface area contributed by atoms with E-state index in [0.717, 1.165) is 18.0 Å². The first kappa shape index (κ1) is 11.3. The summed E-state index contributed by atoms with van der Waals surface area (Å²) in [7, 11) is 0. The molecule has 1 aromatic heterocycles. The third kappa shape index (κ3) is 1.92. The van der Waals surface area contributed by atoms with Gasteiger partial charge in [-0.05, 0) is 24.5 Å². The second kappa shape index (κ2) is 4.27. The molecule has 1 unspecified atom stereocenters. The van der Waals surface area contributed by atoms with Crippen LogP contribution in [0, 0.1) is 0 Å². The van der Waals surface area contributed by atoms with Crippen LogP contribution in [0.5, 0.6) is 0 Å². The molecule has 1 atom stereocenters. The number of nitrogen functional groups attached to an aromatic ring is 1. The van der Waals surface area contributed by atoms with Crippen LogP contribution in [0.2, 0.25) is 0 Å². The van der Waals surface area contributed by atoms with E-state index in [9.17, 15) is 0 Å². The average Bonchev–Trinajstić information content (AvgIpc) is 3.08. The Morgan fingerprint density at radius 2 is 2.16 bits per heavy atom. The summed E-state index contributed by atoms with van der Waals surface area (Å²) in [5.41, 5.74) is 8.56. The summed E-state index contributed by atoms with van der Waals surface area (Å²) in [6, 6.07) is 8.67. The van der Waals surface area contributed by atoms with Crippen LogP contribution < -0.4 is 5.73 Å². The number of anilines is 1. The second-order valence-corrected chi connectivity index (χ2v) is 6.42. The molecule has 0 amide bonds. The Bertz CT molecular complexity index is 618. The highest BCUT2D eigenvalue weighted by Crippen LogP contribution is 2.44. The molecule has 2 N–H and O–H groups in total. The van der Waals surface area contributed by atoms with E-state index in [1.807, 2.05) is 16.4 Å². The molecule has 4 rings (SSSR count). The van der Waals surface area contributed by atoms with Gasteiger partial charge in [-0.15, -0.1) is 16.9 Å². The zero-order chi connectivity index (χ0) is 12.8. The maximum atomic E-state index is 5.95. The Balaban J connectivity index is 1.63. The van der Waals surface area contributed by atoms with Crippen molar-refractivity contribution in [1.29, 1.82) is 0 Å². The van der Waals surface area contributed by atoms with Crippen molar-refractivity contribution in [3.05, 3.63) is 35.5 Å². The number of aromatic nitrogens is 3. The topological polar surface area (TPSA) is 56.7 Å². The van der Waals surface area contributed by atoms with E-state index in [1.54, 1.807) is 0 Å². The summed E-state index contributed by atoms with van der Waals surface area (Å²) < 4.78 is 2.04. The van der Waals surface area contributed by atoms with Crippen molar-refractivity contribution in [1.82, 2.24) is 15.0 Å². The highest BCUT2D eigenvalue weighted by molar-refractivity contribution is 7.99. The van der Waals surface area contributed by atoms with Crippen LogP contribution in [0.15, 0.2) is 29.2 Å². The lowest BCUT2D eigenvalue weighted by Gasteiger charge is -2.12. The van der Waals surface area contributed by atoms with E-state index in [4.69, 9.17) is 5.73 Å². The van der Waals surface area contributed by atoms with Crippen LogP contribution in [0.25, 0.3) is 0 Å². The Kier molecular flexibility index (Phi) is 2.55. The van der Waals surface area contributed by atoms with Gasteiger partial charge in [0.05, 0.1) is 12.2 Å². The zero-order valence-electron chi connectivity index (χ0n) is 10.6. The SMILES string of the molecule is Nc1nnn(CC2CSc3ccccc32)c1C1CC1. The number of benzene rings is 1. The van der Waals surface area contributed by atoms with Crippen molar-refractivity contribution in [3.8, 4) is 0 Å². The molecular formula is C14H16N4S. The van der Waals surface area contributed by atoms with Gasteiger partial charge in [0.25, 0.3) is 0 Å². The third-order valence-corrected chi connectivity index (χ3v) is 5.21. The fourth-order valence-electron chi connectivity index (χ4n) is 2.83. The molecular weight excluding hydrogens is 256 g/mol. The van der Waals surface area contributed by atoms with Crippen molar-refractivity contribution in [2.45, 2.75) is 36.1 Å². The summed E-state index contributed by atoms with van der Waals surface area (Å²) in [4.78, 5) is 1.41. The van der Waals surface area contributed by atoms with Crippen LogP contribution in [0.3, 0.4) is 0 Å². The van der Waals surface area contributed by atoms with Gasteiger partial charge in [-0.2, -0.15) is 0 Å². The highest BCUT2D eigenvalue weighted by Gasteiger charge is 2.32. The average molecular weight is 272 g/mol. The minimum absolute atomic E-state index is 0.528. The minimum Gasteiger partial charge on any atom is -0.381 e. The van der Waals surface area contributed by atoms with Gasteiger partial charge >= 0.3 is 0 Å². The van der Waals surface area contributed by atoms with Crippen LogP contribution in [-0.4, -0.2) is 20.7 Å². The van der Waals surface area contributed by atoms with E-state index in [2.05, 4.69) is 34.6 Å². The van der Waals surface area contributed by atoms with Gasteiger partial charge < -0.3 is 5.73 Å². The van der Waals surface area contributed by atoms with E-state index in [-0.39, 0.29) is 0 Å². The van der Waals surface area contributed by atoms with Gasteiger partial charge in [-0.1, -0.05) is 23.4 Å². The number of fused-ring (bicyclic) bond motifs is 1. The molecule has 19 heavy (non-hydrogen) atoms. The van der Waals surface area contributed by atoms with Crippen LogP contribution in [0.4, 0.5) is 5.82 Å². The normalized spacial score (nSPS) is 21.6. The molecule has 98 valence electrons. The van der Waals surface area contributed by atoms with Crippen molar-refractivity contribution in [2.24, 2.45) is 0 Å². The first-order valence-corrected chi connectivity index (χ1v) is 7.72. The summed E-state index contributed by atoms with van der Waals surface area (Å²) in [6.45, 7) is 0.903. The van der Waals surface area contributed by atoms with Gasteiger partial charge in [0.1, 0.15) is 0 Å². The number of thioether (sulfide) groups is 1. The number of hydrogen-bond donors (Lipinski definition) is 1. The lowest BCUT2D eigenvalue weighted by atomic mass is 10.0. The highest BCUT2D eigenvalue weighted by atomic mass is 32.2. The van der Waals surface area contributed by atoms with Crippen molar-refractivity contribution in [3.63, 3.8) is 0 Å². The molecule has 4 nitrogen and oxygen atoms in total. The fraction of sp³-hybridized carbons (Fsp3) is 0.429. The monoisotopic (exact) mass is 272 g/mol. The maximum absolute atomic E-state index is 5.95. The number of nitrogens with zero attached hydrogens (tertiary/aromatic N) is 3. The molecule has 0 bridgehead atoms. The second-order valence-electron chi connectivity index (χ2n) is 5.36. The maximum Gasteiger partial charge on any atom is 0.169 e. The lowest BCUT2D eigenvalue weighted by molar-refractivity contribution is 0.514.